The van der Waals surface area contributed by atoms with Crippen LogP contribution in [-0.4, -0.2) is 30.4 Å². The second-order valence-corrected chi connectivity index (χ2v) is 3.83. The molecule has 0 fully saturated rings. The molecule has 0 spiro atoms. The Morgan fingerprint density at radius 3 is 2.41 bits per heavy atom. The Hall–Kier alpha value is -0.723. The van der Waals surface area contributed by atoms with E-state index in [1.165, 1.54) is 4.90 Å². The van der Waals surface area contributed by atoms with Gasteiger partial charge in [0.2, 0.25) is 5.91 Å². The number of carboxylic acids is 1. The summed E-state index contributed by atoms with van der Waals surface area (Å²) in [6.07, 6.45) is 6.15. The molecule has 4 nitrogen and oxygen atoms in total. The Labute approximate surface area is 115 Å². The average molecular weight is 233 g/mol. The summed E-state index contributed by atoms with van der Waals surface area (Å²) in [5.41, 5.74) is 0. The van der Waals surface area contributed by atoms with Crippen molar-refractivity contribution in [3.63, 3.8) is 0 Å². The largest absolute Gasteiger partial charge is 1.00 e. The first-order chi connectivity index (χ1) is 7.57. The number of carbonyl (C=O) groups excluding carboxylic acids is 2. The van der Waals surface area contributed by atoms with Gasteiger partial charge in [-0.1, -0.05) is 12.5 Å². The molecule has 0 bridgehead atoms. The van der Waals surface area contributed by atoms with Crippen LogP contribution in [0.2, 0.25) is 0 Å². The third-order valence-corrected chi connectivity index (χ3v) is 2.38. The van der Waals surface area contributed by atoms with Crippen molar-refractivity contribution < 1.29 is 33.6 Å². The van der Waals surface area contributed by atoms with Crippen LogP contribution in [0.4, 0.5) is 0 Å². The monoisotopic (exact) mass is 233 g/mol. The van der Waals surface area contributed by atoms with Crippen LogP contribution in [0.3, 0.4) is 0 Å². The minimum atomic E-state index is -1.12. The van der Waals surface area contributed by atoms with E-state index in [-0.39, 0.29) is 37.7 Å². The summed E-state index contributed by atoms with van der Waals surface area (Å²) >= 11 is 0. The van der Waals surface area contributed by atoms with Gasteiger partial charge in [-0.15, -0.1) is 6.58 Å². The normalized spacial score (nSPS) is 9.24. The van der Waals surface area contributed by atoms with Crippen LogP contribution in [0.15, 0.2) is 12.7 Å². The van der Waals surface area contributed by atoms with Crippen LogP contribution in [-0.2, 0) is 9.59 Å². The second kappa shape index (κ2) is 11.8. The van der Waals surface area contributed by atoms with E-state index in [0.717, 1.165) is 25.7 Å². The van der Waals surface area contributed by atoms with E-state index >= 15 is 0 Å². The van der Waals surface area contributed by atoms with Gasteiger partial charge in [0.05, 0.1) is 0 Å². The van der Waals surface area contributed by atoms with Crippen LogP contribution in [0.5, 0.6) is 0 Å². The van der Waals surface area contributed by atoms with Crippen molar-refractivity contribution in [2.75, 3.05) is 13.6 Å². The summed E-state index contributed by atoms with van der Waals surface area (Å²) in [7, 11) is 1.62. The molecule has 1 amide bonds. The average Bonchev–Trinajstić information content (AvgIpc) is 2.25. The number of carboxylic acid groups (broad SMARTS) is 1. The minimum Gasteiger partial charge on any atom is -0.550 e. The zero-order chi connectivity index (χ0) is 12.4. The van der Waals surface area contributed by atoms with E-state index in [0.29, 0.717) is 6.42 Å². The molecule has 0 aromatic rings. The van der Waals surface area contributed by atoms with Crippen LogP contribution >= 0.6 is 0 Å². The maximum absolute atomic E-state index is 11.5. The molecule has 0 N–H and O–H groups in total. The van der Waals surface area contributed by atoms with Crippen molar-refractivity contribution in [2.45, 2.75) is 38.5 Å². The van der Waals surface area contributed by atoms with E-state index in [2.05, 4.69) is 6.58 Å². The molecule has 0 aliphatic heterocycles. The summed E-state index contributed by atoms with van der Waals surface area (Å²) < 4.78 is 0. The molecular weight excluding hydrogens is 213 g/mol. The predicted molar refractivity (Wildman–Crippen MR) is 60.5 cm³/mol. The molecule has 0 rings (SSSR count). The fraction of sp³-hybridized carbons (Fsp3) is 0.667. The number of carbonyl (C=O) groups is 2. The molecule has 0 aliphatic carbocycles. The van der Waals surface area contributed by atoms with Crippen LogP contribution in [0.25, 0.3) is 0 Å². The number of allylic oxidation sites excluding steroid dienone is 1. The zero-order valence-electron chi connectivity index (χ0n) is 10.9. The summed E-state index contributed by atoms with van der Waals surface area (Å²) in [5, 5.41) is 10.2. The predicted octanol–water partition coefficient (Wildman–Crippen LogP) is -2.27. The minimum absolute atomic E-state index is 0. The molecule has 92 valence electrons. The molecule has 0 aromatic carbocycles. The van der Waals surface area contributed by atoms with E-state index in [1.54, 1.807) is 7.05 Å². The molecule has 0 saturated carbocycles. The third kappa shape index (κ3) is 11.5. The number of rotatable bonds is 9. The van der Waals surface area contributed by atoms with E-state index < -0.39 is 5.97 Å². The van der Waals surface area contributed by atoms with Crippen molar-refractivity contribution in [3.05, 3.63) is 12.7 Å². The van der Waals surface area contributed by atoms with Crippen molar-refractivity contribution in [1.82, 2.24) is 4.90 Å². The Balaban J connectivity index is 0. The molecule has 0 unspecified atom stereocenters. The summed E-state index contributed by atoms with van der Waals surface area (Å²) in [4.78, 5) is 23.1. The third-order valence-electron chi connectivity index (χ3n) is 2.38. The van der Waals surface area contributed by atoms with Gasteiger partial charge in [0.15, 0.2) is 0 Å². The van der Waals surface area contributed by atoms with Gasteiger partial charge in [0, 0.05) is 32.4 Å². The second-order valence-electron chi connectivity index (χ2n) is 3.83. The molecule has 17 heavy (non-hydrogen) atoms. The van der Waals surface area contributed by atoms with Gasteiger partial charge in [-0.3, -0.25) is 4.79 Å². The molecule has 0 aliphatic rings. The van der Waals surface area contributed by atoms with Gasteiger partial charge < -0.3 is 14.8 Å². The van der Waals surface area contributed by atoms with Gasteiger partial charge in [0.25, 0.3) is 0 Å². The molecule has 0 radical (unpaired) electrons. The molecule has 5 heteroatoms. The van der Waals surface area contributed by atoms with E-state index in [9.17, 15) is 14.7 Å². The van der Waals surface area contributed by atoms with Gasteiger partial charge in [-0.05, 0) is 19.3 Å². The van der Waals surface area contributed by atoms with Crippen molar-refractivity contribution in [2.24, 2.45) is 0 Å². The Morgan fingerprint density at radius 2 is 1.88 bits per heavy atom. The first-order valence-corrected chi connectivity index (χ1v) is 5.62. The summed E-state index contributed by atoms with van der Waals surface area (Å²) in [6, 6.07) is 0. The van der Waals surface area contributed by atoms with Crippen LogP contribution in [0.1, 0.15) is 38.5 Å². The van der Waals surface area contributed by atoms with E-state index in [1.807, 2.05) is 6.08 Å². The fourth-order valence-corrected chi connectivity index (χ4v) is 1.32. The van der Waals surface area contributed by atoms with Gasteiger partial charge >= 0.3 is 18.9 Å². The number of hydrogen-bond donors (Lipinski definition) is 0. The molecule has 0 aromatic heterocycles. The Kier molecular flexibility index (Phi) is 12.9. The Bertz CT molecular complexity index is 244. The SMILES string of the molecule is C=CCCCCCC(=O)N(C)CCC(=O)[O-].[Li+]. The van der Waals surface area contributed by atoms with Crippen LogP contribution in [0, 0.1) is 0 Å². The first kappa shape index (κ1) is 18.6. The molecule has 0 atom stereocenters. The van der Waals surface area contributed by atoms with E-state index in [4.69, 9.17) is 0 Å². The molecular formula is C12H20LiNO3. The smallest absolute Gasteiger partial charge is 0.550 e. The summed E-state index contributed by atoms with van der Waals surface area (Å²) in [6.45, 7) is 3.86. The molecule has 0 saturated heterocycles. The fourth-order valence-electron chi connectivity index (χ4n) is 1.32. The zero-order valence-corrected chi connectivity index (χ0v) is 10.9. The number of hydrogen-bond acceptors (Lipinski definition) is 3. The van der Waals surface area contributed by atoms with Crippen molar-refractivity contribution in [1.29, 1.82) is 0 Å². The first-order valence-electron chi connectivity index (χ1n) is 5.62. The molecule has 0 heterocycles. The van der Waals surface area contributed by atoms with Gasteiger partial charge in [0.1, 0.15) is 0 Å². The van der Waals surface area contributed by atoms with Crippen molar-refractivity contribution in [3.8, 4) is 0 Å². The Morgan fingerprint density at radius 1 is 1.24 bits per heavy atom. The number of amides is 1. The standard InChI is InChI=1S/C12H21NO3.Li/c1-3-4-5-6-7-8-11(14)13(2)10-9-12(15)16;/h3H,1,4-10H2,2H3,(H,15,16);/q;+1/p-1. The number of aliphatic carboxylic acids is 1. The summed E-state index contributed by atoms with van der Waals surface area (Å²) in [5.74, 6) is -1.12. The van der Waals surface area contributed by atoms with Gasteiger partial charge in [-0.2, -0.15) is 0 Å². The van der Waals surface area contributed by atoms with Gasteiger partial charge in [-0.25, -0.2) is 0 Å². The number of nitrogens with zero attached hydrogens (tertiary/aromatic N) is 1. The van der Waals surface area contributed by atoms with Crippen molar-refractivity contribution >= 4 is 11.9 Å². The topological polar surface area (TPSA) is 60.4 Å². The van der Waals surface area contributed by atoms with Crippen LogP contribution < -0.4 is 24.0 Å². The number of unbranched alkanes of at least 4 members (excludes halogenated alkanes) is 3. The quantitative estimate of drug-likeness (QED) is 0.256. The maximum Gasteiger partial charge on any atom is 1.00 e. The maximum atomic E-state index is 11.5.